The zero-order valence-corrected chi connectivity index (χ0v) is 72.3. The molecule has 0 spiro atoms. The molecule has 5 N–H and O–H groups in total. The summed E-state index contributed by atoms with van der Waals surface area (Å²) < 4.78 is 19.3. The van der Waals surface area contributed by atoms with Gasteiger partial charge in [-0.1, -0.05) is 184 Å². The lowest BCUT2D eigenvalue weighted by atomic mass is 10.0. The molecule has 0 bridgehead atoms. The van der Waals surface area contributed by atoms with Crippen molar-refractivity contribution < 1.29 is 76.8 Å². The van der Waals surface area contributed by atoms with E-state index in [1.807, 2.05) is 175 Å². The standard InChI is InChI=1S/C17H16N2O5S.C16H13NO3S.C16H15NOS.C15H12N2O2S.C15H11NO3S.C14H10N2O2S/c20-5-6-23-7-8-24-17(22)14-10-25-16(19-14)15(21)12-9-18-13-4-2-1-3-11(12)13;1-9-13(16(19)20-2)17-15(21-9)14(18)12-8-7-10-5-3-4-6-11(10)12;1-10(2)14-9-19-16(17-14)15(18)13-8-7-11-5-3-4-6-12(11)13;1-16-14(19)12-8-20-15(17-12)13(18)11-7-6-9-4-2-3-5-10(9)11;1-19-15(18)12-8-20-14(16-12)13(17)11-7-6-9-4-2-3-5-10(9)11;15-13(18)11-7-19-14(16-11)12(17)10-6-5-8-3-1-2-4-9(8)10/h1-4,9-10,18,20H,5-8H2;3-6,8H,7H2,1-2H3;3-6,8-10H,7H2,1-2H3;2-5,7-8H,6H2,1H3,(H,16,19);2-5,7-8H,6H2,1H3;1-4,6-7H,5H2,(H2,15,18). The van der Waals surface area contributed by atoms with Gasteiger partial charge in [-0.25, -0.2) is 44.3 Å². The number of primary amides is 1. The van der Waals surface area contributed by atoms with Crippen molar-refractivity contribution in [3.63, 3.8) is 0 Å². The lowest BCUT2D eigenvalue weighted by Crippen LogP contribution is -2.18. The number of carbonyl (C=O) groups excluding carboxylic acids is 11. The first-order chi connectivity index (χ1) is 60.1. The van der Waals surface area contributed by atoms with E-state index in [1.165, 1.54) is 64.6 Å². The van der Waals surface area contributed by atoms with Crippen LogP contribution < -0.4 is 11.1 Å². The molecule has 18 rings (SSSR count). The van der Waals surface area contributed by atoms with Gasteiger partial charge < -0.3 is 40.1 Å². The number of aliphatic hydroxyl groups is 1. The second kappa shape index (κ2) is 41.0. The Morgan fingerprint density at radius 1 is 0.435 bits per heavy atom. The van der Waals surface area contributed by atoms with Gasteiger partial charge in [0, 0.05) is 83.8 Å². The lowest BCUT2D eigenvalue weighted by molar-refractivity contribution is 0.0253. The van der Waals surface area contributed by atoms with Crippen molar-refractivity contribution in [2.45, 2.75) is 58.8 Å². The number of amides is 2. The van der Waals surface area contributed by atoms with Crippen LogP contribution in [-0.4, -0.2) is 152 Å². The predicted molar refractivity (Wildman–Crippen MR) is 478 cm³/mol. The summed E-state index contributed by atoms with van der Waals surface area (Å²) in [5, 5.41) is 22.2. The molecule has 0 unspecified atom stereocenters. The van der Waals surface area contributed by atoms with E-state index in [0.717, 1.165) is 138 Å². The largest absolute Gasteiger partial charge is 0.464 e. The Kier molecular flexibility index (Phi) is 29.2. The number of thiazole rings is 6. The Bertz CT molecular complexity index is 6370. The summed E-state index contributed by atoms with van der Waals surface area (Å²) in [6.07, 6.45) is 15.2. The third-order valence-electron chi connectivity index (χ3n) is 19.7. The number of carbonyl (C=O) groups is 11. The number of methoxy groups -OCH3 is 2. The Labute approximate surface area is 734 Å². The number of nitrogens with two attached hydrogens (primary N) is 1. The second-order valence-corrected chi connectivity index (χ2v) is 33.3. The first kappa shape index (κ1) is 88.4. The van der Waals surface area contributed by atoms with Gasteiger partial charge in [-0.2, -0.15) is 0 Å². The molecule has 7 heterocycles. The summed E-state index contributed by atoms with van der Waals surface area (Å²) in [6, 6.07) is 46.8. The van der Waals surface area contributed by atoms with Crippen molar-refractivity contribution in [1.29, 1.82) is 0 Å². The number of ketones is 6. The number of para-hydroxylation sites is 1. The number of ether oxygens (including phenoxy) is 4. The minimum atomic E-state index is -0.615. The number of nitrogens with one attached hydrogen (secondary N) is 2. The van der Waals surface area contributed by atoms with Crippen LogP contribution in [0, 0.1) is 6.92 Å². The topological polar surface area (TPSA) is 376 Å². The van der Waals surface area contributed by atoms with Crippen LogP contribution in [0.1, 0.15) is 203 Å². The fourth-order valence-electron chi connectivity index (χ4n) is 13.5. The fraction of sp³-hybridized carbons (Fsp3) is 0.172. The smallest absolute Gasteiger partial charge is 0.357 e. The lowest BCUT2D eigenvalue weighted by Gasteiger charge is -2.03. The van der Waals surface area contributed by atoms with Gasteiger partial charge in [0.25, 0.3) is 11.8 Å². The normalized spacial score (nSPS) is 12.5. The number of esters is 3. The van der Waals surface area contributed by atoms with Crippen LogP contribution in [0.3, 0.4) is 0 Å². The molecule has 6 aromatic carbocycles. The molecule has 0 fully saturated rings. The van der Waals surface area contributed by atoms with Gasteiger partial charge in [0.05, 0.1) is 45.3 Å². The van der Waals surface area contributed by atoms with Gasteiger partial charge in [-0.05, 0) is 107 Å². The van der Waals surface area contributed by atoms with Crippen molar-refractivity contribution in [2.24, 2.45) is 5.73 Å². The van der Waals surface area contributed by atoms with Crippen molar-refractivity contribution in [3.8, 4) is 0 Å². The molecule has 124 heavy (non-hydrogen) atoms. The average molecular weight is 1770 g/mol. The van der Waals surface area contributed by atoms with E-state index in [1.54, 1.807) is 30.9 Å². The summed E-state index contributed by atoms with van der Waals surface area (Å²) in [7, 11) is 4.14. The third-order valence-corrected chi connectivity index (χ3v) is 24.9. The Balaban J connectivity index is 0.000000128. The fourth-order valence-corrected chi connectivity index (χ4v) is 18.2. The van der Waals surface area contributed by atoms with E-state index < -0.39 is 23.8 Å². The summed E-state index contributed by atoms with van der Waals surface area (Å²) >= 11 is 7.28. The summed E-state index contributed by atoms with van der Waals surface area (Å²) in [5.74, 6) is -2.91. The maximum Gasteiger partial charge on any atom is 0.357 e. The minimum absolute atomic E-state index is 0.0573. The molecule has 0 saturated carbocycles. The number of aromatic nitrogens is 7. The molecule has 0 aliphatic heterocycles. The number of nitrogens with zero attached hydrogens (tertiary/aromatic N) is 6. The molecule has 25 nitrogen and oxygen atoms in total. The van der Waals surface area contributed by atoms with Gasteiger partial charge in [0.15, 0.2) is 47.1 Å². The highest BCUT2D eigenvalue weighted by Crippen LogP contribution is 2.37. The summed E-state index contributed by atoms with van der Waals surface area (Å²) in [5.41, 5.74) is 22.6. The molecule has 7 aromatic heterocycles. The van der Waals surface area contributed by atoms with Gasteiger partial charge in [-0.15, -0.1) is 68.0 Å². The molecule has 626 valence electrons. The molecule has 2 amide bonds. The molecular weight excluding hydrogens is 1690 g/mol. The van der Waals surface area contributed by atoms with Gasteiger partial charge in [0.1, 0.15) is 18.0 Å². The number of aromatic amines is 1. The van der Waals surface area contributed by atoms with Gasteiger partial charge in [-0.3, -0.25) is 38.4 Å². The molecular formula is C93H77N9O16S6. The minimum Gasteiger partial charge on any atom is -0.464 e. The number of benzene rings is 6. The van der Waals surface area contributed by atoms with Crippen LogP contribution in [-0.2, 0) is 51.1 Å². The number of aryl methyl sites for hydroxylation is 1. The van der Waals surface area contributed by atoms with E-state index in [4.69, 9.17) is 20.3 Å². The van der Waals surface area contributed by atoms with Crippen molar-refractivity contribution in [1.82, 2.24) is 40.2 Å². The molecule has 13 aromatic rings. The number of allylic oxidation sites excluding steroid dienone is 10. The van der Waals surface area contributed by atoms with Crippen LogP contribution >= 0.6 is 68.0 Å². The monoisotopic (exact) mass is 1770 g/mol. The van der Waals surface area contributed by atoms with E-state index >= 15 is 0 Å². The number of fused-ring (bicyclic) bond motifs is 6. The number of H-pyrrole nitrogens is 1. The van der Waals surface area contributed by atoms with Crippen LogP contribution in [0.5, 0.6) is 0 Å². The van der Waals surface area contributed by atoms with Crippen molar-refractivity contribution in [2.75, 3.05) is 47.7 Å². The van der Waals surface area contributed by atoms with E-state index in [9.17, 15) is 52.7 Å². The number of rotatable bonds is 23. The number of aliphatic hydroxyl groups excluding tert-OH is 1. The summed E-state index contributed by atoms with van der Waals surface area (Å²) in [4.78, 5) is 161. The molecule has 0 atom stereocenters. The summed E-state index contributed by atoms with van der Waals surface area (Å²) in [6.45, 7) is 6.30. The van der Waals surface area contributed by atoms with Crippen molar-refractivity contribution >= 4 is 171 Å². The quantitative estimate of drug-likeness (QED) is 0.0200. The Hall–Kier alpha value is -13.4. The molecule has 31 heteroatoms. The Morgan fingerprint density at radius 3 is 1.22 bits per heavy atom. The average Bonchev–Trinajstić information content (AvgIpc) is 1.67. The van der Waals surface area contributed by atoms with E-state index in [2.05, 4.69) is 69.6 Å². The van der Waals surface area contributed by atoms with Gasteiger partial charge in [0.2, 0.25) is 34.7 Å². The Morgan fingerprint density at radius 2 is 0.806 bits per heavy atom. The molecule has 5 aliphatic carbocycles. The van der Waals surface area contributed by atoms with Gasteiger partial charge >= 0.3 is 17.9 Å². The highest BCUT2D eigenvalue weighted by Gasteiger charge is 2.31. The van der Waals surface area contributed by atoms with Crippen molar-refractivity contribution in [3.05, 3.63) is 339 Å². The maximum atomic E-state index is 12.6. The third kappa shape index (κ3) is 20.4. The second-order valence-electron chi connectivity index (χ2n) is 27.8. The highest BCUT2D eigenvalue weighted by atomic mass is 32.1. The van der Waals surface area contributed by atoms with Crippen LogP contribution in [0.4, 0.5) is 0 Å². The number of Topliss-reactive ketones (excluding diaryl/α,β-unsaturated/α-hetero) is 5. The number of hydrogen-bond acceptors (Lipinski definition) is 28. The highest BCUT2D eigenvalue weighted by molar-refractivity contribution is 7.15. The molecule has 0 radical (unpaired) electrons. The number of hydrogen-bond donors (Lipinski definition) is 4. The van der Waals surface area contributed by atoms with Crippen LogP contribution in [0.15, 0.2) is 209 Å². The van der Waals surface area contributed by atoms with E-state index in [0.29, 0.717) is 63.7 Å². The first-order valence-electron chi connectivity index (χ1n) is 38.6. The molecule has 5 aliphatic rings. The van der Waals surface area contributed by atoms with Crippen LogP contribution in [0.25, 0.3) is 38.8 Å². The zero-order chi connectivity index (χ0) is 87.7. The SMILES string of the molecule is CC(C)c1csc(C(=O)C2=CCc3ccccc32)n1.CNC(=O)c1csc(C(=O)C2=CCc3ccccc32)n1.COC(=O)c1csc(C(=O)C2=CCc3ccccc32)n1.COC(=O)c1nc(C(=O)C2=CCc3ccccc32)sc1C.NC(=O)c1csc(C(=O)C2=CCc3ccccc32)n1.O=C(OCCOCCO)c1csc(C(=O)c2c[nH]c3ccccc23)n1. The first-order valence-corrected chi connectivity index (χ1v) is 43.8. The zero-order valence-electron chi connectivity index (χ0n) is 67.4. The van der Waals surface area contributed by atoms with E-state index in [-0.39, 0.29) is 101 Å². The molecule has 0 saturated heterocycles. The maximum absolute atomic E-state index is 12.6. The predicted octanol–water partition coefficient (Wildman–Crippen LogP) is 16.3. The van der Waals surface area contributed by atoms with Crippen LogP contribution in [0.2, 0.25) is 0 Å².